The van der Waals surface area contributed by atoms with Crippen LogP contribution in [0.3, 0.4) is 0 Å². The molecule has 0 spiro atoms. The van der Waals surface area contributed by atoms with Crippen LogP contribution in [0.4, 0.5) is 0 Å². The summed E-state index contributed by atoms with van der Waals surface area (Å²) in [6, 6.07) is 0. The Balaban J connectivity index is 1.78. The number of carbonyl (C=O) groups is 3. The Kier molecular flexibility index (Phi) is 13.2. The van der Waals surface area contributed by atoms with Crippen molar-refractivity contribution in [2.24, 2.45) is 0 Å². The van der Waals surface area contributed by atoms with Crippen LogP contribution in [0, 0.1) is 0 Å². The predicted octanol–water partition coefficient (Wildman–Crippen LogP) is 1.47. The average molecular weight is 385 g/mol. The van der Waals surface area contributed by atoms with Gasteiger partial charge in [0, 0.05) is 18.6 Å². The van der Waals surface area contributed by atoms with E-state index in [1.165, 1.54) is 12.2 Å². The molecule has 1 rings (SSSR count). The topological polar surface area (TPSA) is 91.4 Å². The van der Waals surface area contributed by atoms with E-state index in [1.54, 1.807) is 0 Å². The fourth-order valence-electron chi connectivity index (χ4n) is 2.33. The first-order chi connectivity index (χ1) is 13.1. The number of hydrogen-bond acceptors (Lipinski definition) is 7. The number of rotatable bonds is 17. The second kappa shape index (κ2) is 15.3. The molecule has 0 N–H and O–H groups in total. The summed E-state index contributed by atoms with van der Waals surface area (Å²) < 4.78 is 21.0. The highest BCUT2D eigenvalue weighted by atomic mass is 16.6. The molecule has 2 amide bonds. The maximum atomic E-state index is 11.4. The van der Waals surface area contributed by atoms with E-state index < -0.39 is 0 Å². The van der Waals surface area contributed by atoms with Gasteiger partial charge in [0.2, 0.25) is 0 Å². The van der Waals surface area contributed by atoms with Crippen molar-refractivity contribution >= 4 is 17.8 Å². The van der Waals surface area contributed by atoms with Gasteiger partial charge in [-0.2, -0.15) is 0 Å². The summed E-state index contributed by atoms with van der Waals surface area (Å²) in [6.07, 6.45) is 7.21. The van der Waals surface area contributed by atoms with E-state index in [0.29, 0.717) is 39.5 Å². The van der Waals surface area contributed by atoms with Gasteiger partial charge in [-0.15, -0.1) is 0 Å². The van der Waals surface area contributed by atoms with Crippen LogP contribution in [0.15, 0.2) is 12.2 Å². The maximum Gasteiger partial charge on any atom is 0.305 e. The summed E-state index contributed by atoms with van der Waals surface area (Å²) in [5.41, 5.74) is 0. The van der Waals surface area contributed by atoms with Crippen LogP contribution in [0.1, 0.15) is 39.0 Å². The third kappa shape index (κ3) is 11.5. The Morgan fingerprint density at radius 1 is 0.815 bits per heavy atom. The van der Waals surface area contributed by atoms with Crippen molar-refractivity contribution in [3.63, 3.8) is 0 Å². The van der Waals surface area contributed by atoms with Crippen molar-refractivity contribution in [3.8, 4) is 0 Å². The van der Waals surface area contributed by atoms with Gasteiger partial charge < -0.3 is 18.9 Å². The molecule has 0 aromatic heterocycles. The number of nitrogens with zero attached hydrogens (tertiary/aromatic N) is 1. The highest BCUT2D eigenvalue weighted by molar-refractivity contribution is 6.12. The van der Waals surface area contributed by atoms with E-state index in [2.05, 4.69) is 6.92 Å². The smallest absolute Gasteiger partial charge is 0.305 e. The van der Waals surface area contributed by atoms with Crippen LogP contribution in [0.25, 0.3) is 0 Å². The molecule has 8 heteroatoms. The molecule has 0 aromatic rings. The first-order valence-corrected chi connectivity index (χ1v) is 9.57. The van der Waals surface area contributed by atoms with Crippen molar-refractivity contribution in [1.29, 1.82) is 0 Å². The molecule has 27 heavy (non-hydrogen) atoms. The molecular formula is C19H31NO7. The van der Waals surface area contributed by atoms with Gasteiger partial charge in [0.1, 0.15) is 6.61 Å². The third-order valence-electron chi connectivity index (χ3n) is 3.83. The van der Waals surface area contributed by atoms with E-state index in [9.17, 15) is 14.4 Å². The minimum absolute atomic E-state index is 0.170. The van der Waals surface area contributed by atoms with E-state index in [0.717, 1.165) is 30.6 Å². The third-order valence-corrected chi connectivity index (χ3v) is 3.83. The first-order valence-electron chi connectivity index (χ1n) is 9.57. The number of unbranched alkanes of at least 4 members (excludes halogenated alkanes) is 3. The Hall–Kier alpha value is -1.77. The van der Waals surface area contributed by atoms with Crippen molar-refractivity contribution in [2.75, 3.05) is 52.8 Å². The second-order valence-electron chi connectivity index (χ2n) is 6.03. The van der Waals surface area contributed by atoms with Crippen molar-refractivity contribution in [2.45, 2.75) is 39.0 Å². The van der Waals surface area contributed by atoms with Crippen molar-refractivity contribution in [3.05, 3.63) is 12.2 Å². The van der Waals surface area contributed by atoms with Crippen LogP contribution in [0.5, 0.6) is 0 Å². The summed E-state index contributed by atoms with van der Waals surface area (Å²) in [5, 5.41) is 0. The van der Waals surface area contributed by atoms with Crippen LogP contribution in [-0.4, -0.2) is 75.5 Å². The fourth-order valence-corrected chi connectivity index (χ4v) is 2.33. The van der Waals surface area contributed by atoms with Gasteiger partial charge in [0.15, 0.2) is 0 Å². The quantitative estimate of drug-likeness (QED) is 0.213. The molecular weight excluding hydrogens is 354 g/mol. The van der Waals surface area contributed by atoms with Gasteiger partial charge in [-0.3, -0.25) is 19.3 Å². The minimum Gasteiger partial charge on any atom is -0.463 e. The van der Waals surface area contributed by atoms with E-state index in [-0.39, 0.29) is 37.5 Å². The molecule has 1 aliphatic heterocycles. The van der Waals surface area contributed by atoms with Gasteiger partial charge in [-0.05, 0) is 6.42 Å². The molecule has 0 radical (unpaired) electrons. The van der Waals surface area contributed by atoms with Gasteiger partial charge in [0.25, 0.3) is 11.8 Å². The van der Waals surface area contributed by atoms with E-state index in [4.69, 9.17) is 18.9 Å². The van der Waals surface area contributed by atoms with Gasteiger partial charge >= 0.3 is 5.97 Å². The Morgan fingerprint density at radius 2 is 1.37 bits per heavy atom. The van der Waals surface area contributed by atoms with Crippen LogP contribution >= 0.6 is 0 Å². The van der Waals surface area contributed by atoms with E-state index >= 15 is 0 Å². The molecule has 1 heterocycles. The lowest BCUT2D eigenvalue weighted by Gasteiger charge is -2.13. The average Bonchev–Trinajstić information content (AvgIpc) is 2.98. The zero-order valence-corrected chi connectivity index (χ0v) is 16.2. The zero-order chi connectivity index (χ0) is 19.7. The molecule has 0 unspecified atom stereocenters. The normalized spacial score (nSPS) is 13.6. The van der Waals surface area contributed by atoms with Crippen LogP contribution in [-0.2, 0) is 33.3 Å². The lowest BCUT2D eigenvalue weighted by Crippen LogP contribution is -2.33. The summed E-state index contributed by atoms with van der Waals surface area (Å²) in [7, 11) is 0. The molecule has 0 atom stereocenters. The summed E-state index contributed by atoms with van der Waals surface area (Å²) in [5.74, 6) is -0.783. The zero-order valence-electron chi connectivity index (χ0n) is 16.2. The number of esters is 1. The molecule has 0 bridgehead atoms. The summed E-state index contributed by atoms with van der Waals surface area (Å²) >= 11 is 0. The monoisotopic (exact) mass is 385 g/mol. The predicted molar refractivity (Wildman–Crippen MR) is 98.0 cm³/mol. The number of imide groups is 1. The lowest BCUT2D eigenvalue weighted by molar-refractivity contribution is -0.145. The minimum atomic E-state index is -0.306. The van der Waals surface area contributed by atoms with Crippen molar-refractivity contribution in [1.82, 2.24) is 4.90 Å². The SMILES string of the molecule is CCCCCCC(=O)OCCOCCOCCOCCN1C(=O)C=CC1=O. The van der Waals surface area contributed by atoms with Gasteiger partial charge in [0.05, 0.1) is 46.2 Å². The number of ether oxygens (including phenoxy) is 4. The first kappa shape index (κ1) is 23.3. The Morgan fingerprint density at radius 3 is 1.96 bits per heavy atom. The molecule has 1 aliphatic rings. The largest absolute Gasteiger partial charge is 0.463 e. The van der Waals surface area contributed by atoms with Crippen LogP contribution in [0.2, 0.25) is 0 Å². The van der Waals surface area contributed by atoms with Gasteiger partial charge in [-0.25, -0.2) is 0 Å². The molecule has 8 nitrogen and oxygen atoms in total. The number of amides is 2. The summed E-state index contributed by atoms with van der Waals surface area (Å²) in [6.45, 7) is 4.87. The number of hydrogen-bond donors (Lipinski definition) is 0. The maximum absolute atomic E-state index is 11.4. The van der Waals surface area contributed by atoms with Crippen molar-refractivity contribution < 1.29 is 33.3 Å². The fraction of sp³-hybridized carbons (Fsp3) is 0.737. The highest BCUT2D eigenvalue weighted by Gasteiger charge is 2.22. The molecule has 0 aromatic carbocycles. The van der Waals surface area contributed by atoms with Crippen LogP contribution < -0.4 is 0 Å². The Bertz CT molecular complexity index is 461. The Labute approximate surface area is 160 Å². The molecule has 0 fully saturated rings. The lowest BCUT2D eigenvalue weighted by atomic mass is 10.2. The van der Waals surface area contributed by atoms with E-state index in [1.807, 2.05) is 0 Å². The number of carbonyl (C=O) groups excluding carboxylic acids is 3. The standard InChI is InChI=1S/C19H31NO7/c1-2-3-4-5-6-19(23)27-16-15-26-14-13-25-12-11-24-10-9-20-17(21)7-8-18(20)22/h7-8H,2-6,9-16H2,1H3. The molecule has 0 aliphatic carbocycles. The summed E-state index contributed by atoms with van der Waals surface area (Å²) in [4.78, 5) is 35.2. The molecule has 0 saturated heterocycles. The molecule has 0 saturated carbocycles. The molecule has 154 valence electrons. The second-order valence-corrected chi connectivity index (χ2v) is 6.03. The highest BCUT2D eigenvalue weighted by Crippen LogP contribution is 2.03. The van der Waals surface area contributed by atoms with Gasteiger partial charge in [-0.1, -0.05) is 26.2 Å².